The van der Waals surface area contributed by atoms with E-state index in [1.54, 1.807) is 0 Å². The Kier molecular flexibility index (Phi) is 5.36. The number of aromatic nitrogens is 4. The standard InChI is InChI=1S/C20H13BrF6N4S/c1-18(2,11-3-5-14(21)6-4-11)16-28-29-17-31(16)30-15(32-17)10-7-12(19(22,23)24)9-13(8-10)20(25,26)27/h3-9H,1-2H3. The highest BCUT2D eigenvalue weighted by atomic mass is 79.9. The van der Waals surface area contributed by atoms with E-state index in [0.29, 0.717) is 18.0 Å². The van der Waals surface area contributed by atoms with Crippen molar-refractivity contribution in [3.8, 4) is 10.6 Å². The Bertz CT molecular complexity index is 1260. The maximum Gasteiger partial charge on any atom is 0.416 e. The minimum absolute atomic E-state index is 0.0284. The quantitative estimate of drug-likeness (QED) is 0.266. The highest BCUT2D eigenvalue weighted by molar-refractivity contribution is 9.10. The summed E-state index contributed by atoms with van der Waals surface area (Å²) in [4.78, 5) is 0.256. The Hall–Kier alpha value is -2.47. The fraction of sp³-hybridized carbons (Fsp3) is 0.250. The summed E-state index contributed by atoms with van der Waals surface area (Å²) < 4.78 is 81.5. The summed E-state index contributed by atoms with van der Waals surface area (Å²) in [7, 11) is 0. The molecule has 0 spiro atoms. The number of halogens is 7. The molecule has 0 aliphatic heterocycles. The zero-order valence-corrected chi connectivity index (χ0v) is 18.8. The van der Waals surface area contributed by atoms with Crippen molar-refractivity contribution in [3.05, 3.63) is 69.5 Å². The molecule has 0 atom stereocenters. The van der Waals surface area contributed by atoms with Crippen LogP contribution in [0.25, 0.3) is 15.5 Å². The summed E-state index contributed by atoms with van der Waals surface area (Å²) in [6.45, 7) is 3.75. The van der Waals surface area contributed by atoms with E-state index in [2.05, 4.69) is 31.2 Å². The van der Waals surface area contributed by atoms with Gasteiger partial charge >= 0.3 is 12.4 Å². The molecule has 0 aliphatic rings. The second kappa shape index (κ2) is 7.55. The molecule has 0 aliphatic carbocycles. The van der Waals surface area contributed by atoms with Crippen molar-refractivity contribution in [2.75, 3.05) is 0 Å². The van der Waals surface area contributed by atoms with Gasteiger partial charge in [0.05, 0.1) is 16.5 Å². The molecular formula is C20H13BrF6N4S. The van der Waals surface area contributed by atoms with Gasteiger partial charge in [0, 0.05) is 10.0 Å². The molecule has 0 bridgehead atoms. The van der Waals surface area contributed by atoms with E-state index in [0.717, 1.165) is 21.4 Å². The maximum atomic E-state index is 13.2. The smallest absolute Gasteiger partial charge is 0.186 e. The van der Waals surface area contributed by atoms with Gasteiger partial charge in [0.15, 0.2) is 5.82 Å². The minimum atomic E-state index is -4.94. The van der Waals surface area contributed by atoms with Crippen molar-refractivity contribution < 1.29 is 26.3 Å². The van der Waals surface area contributed by atoms with Gasteiger partial charge < -0.3 is 0 Å². The molecule has 0 N–H and O–H groups in total. The summed E-state index contributed by atoms with van der Waals surface area (Å²) in [5.41, 5.74) is -2.90. The van der Waals surface area contributed by atoms with Crippen LogP contribution in [0.1, 0.15) is 36.4 Å². The van der Waals surface area contributed by atoms with E-state index in [-0.39, 0.29) is 21.6 Å². The normalized spacial score (nSPS) is 13.2. The average molecular weight is 535 g/mol. The van der Waals surface area contributed by atoms with Crippen LogP contribution >= 0.6 is 27.3 Å². The molecule has 0 saturated heterocycles. The van der Waals surface area contributed by atoms with Crippen LogP contribution in [0.15, 0.2) is 46.9 Å². The van der Waals surface area contributed by atoms with E-state index < -0.39 is 28.9 Å². The minimum Gasteiger partial charge on any atom is -0.186 e. The number of benzene rings is 2. The summed E-state index contributed by atoms with van der Waals surface area (Å²) >= 11 is 4.22. The molecule has 4 nitrogen and oxygen atoms in total. The molecule has 12 heteroatoms. The van der Waals surface area contributed by atoms with Gasteiger partial charge in [0.25, 0.3) is 0 Å². The van der Waals surface area contributed by atoms with Crippen LogP contribution in [0, 0.1) is 0 Å². The topological polar surface area (TPSA) is 43.1 Å². The van der Waals surface area contributed by atoms with E-state index in [1.807, 2.05) is 38.1 Å². The Labute approximate surface area is 190 Å². The lowest BCUT2D eigenvalue weighted by Crippen LogP contribution is -2.22. The van der Waals surface area contributed by atoms with Gasteiger partial charge in [-0.25, -0.2) is 0 Å². The number of hydrogen-bond donors (Lipinski definition) is 0. The van der Waals surface area contributed by atoms with Gasteiger partial charge in [-0.15, -0.1) is 10.2 Å². The Balaban J connectivity index is 1.84. The lowest BCUT2D eigenvalue weighted by molar-refractivity contribution is -0.143. The first-order valence-corrected chi connectivity index (χ1v) is 10.7. The van der Waals surface area contributed by atoms with E-state index >= 15 is 0 Å². The maximum absolute atomic E-state index is 13.2. The van der Waals surface area contributed by atoms with Crippen LogP contribution in [-0.4, -0.2) is 19.8 Å². The van der Waals surface area contributed by atoms with Crippen molar-refractivity contribution >= 4 is 32.2 Å². The largest absolute Gasteiger partial charge is 0.416 e. The summed E-state index contributed by atoms with van der Waals surface area (Å²) in [6, 6.07) is 8.85. The van der Waals surface area contributed by atoms with Crippen molar-refractivity contribution in [2.45, 2.75) is 31.6 Å². The summed E-state index contributed by atoms with van der Waals surface area (Å²) in [5.74, 6) is 0.403. The van der Waals surface area contributed by atoms with Gasteiger partial charge in [0.1, 0.15) is 5.01 Å². The van der Waals surface area contributed by atoms with Crippen LogP contribution in [0.5, 0.6) is 0 Å². The third-order valence-corrected chi connectivity index (χ3v) is 6.43. The monoisotopic (exact) mass is 534 g/mol. The number of hydrogen-bond acceptors (Lipinski definition) is 4. The van der Waals surface area contributed by atoms with E-state index in [9.17, 15) is 26.3 Å². The third-order valence-electron chi connectivity index (χ3n) is 4.95. The van der Waals surface area contributed by atoms with Crippen LogP contribution in [0.2, 0.25) is 0 Å². The molecule has 0 fully saturated rings. The van der Waals surface area contributed by atoms with E-state index in [4.69, 9.17) is 0 Å². The fourth-order valence-corrected chi connectivity index (χ4v) is 4.29. The van der Waals surface area contributed by atoms with Crippen LogP contribution in [-0.2, 0) is 17.8 Å². The average Bonchev–Trinajstić information content (AvgIpc) is 3.27. The number of nitrogens with zero attached hydrogens (tertiary/aromatic N) is 4. The Morgan fingerprint density at radius 1 is 0.812 bits per heavy atom. The second-order valence-corrected chi connectivity index (χ2v) is 9.42. The van der Waals surface area contributed by atoms with Crippen molar-refractivity contribution in [2.24, 2.45) is 0 Å². The molecule has 0 radical (unpaired) electrons. The zero-order chi connectivity index (χ0) is 23.5. The summed E-state index contributed by atoms with van der Waals surface area (Å²) in [5, 5.41) is 12.4. The molecule has 2 heterocycles. The lowest BCUT2D eigenvalue weighted by atomic mass is 9.84. The molecule has 4 rings (SSSR count). The van der Waals surface area contributed by atoms with Crippen molar-refractivity contribution in [1.29, 1.82) is 0 Å². The first-order valence-electron chi connectivity index (χ1n) is 9.05. The molecule has 0 amide bonds. The molecule has 4 aromatic rings. The van der Waals surface area contributed by atoms with Crippen LogP contribution in [0.3, 0.4) is 0 Å². The summed E-state index contributed by atoms with van der Waals surface area (Å²) in [6.07, 6.45) is -9.88. The molecule has 2 aromatic heterocycles. The number of fused-ring (bicyclic) bond motifs is 1. The van der Waals surface area contributed by atoms with Crippen LogP contribution in [0.4, 0.5) is 26.3 Å². The fourth-order valence-electron chi connectivity index (χ4n) is 3.20. The van der Waals surface area contributed by atoms with Gasteiger partial charge in [-0.1, -0.05) is 39.4 Å². The third kappa shape index (κ3) is 4.13. The van der Waals surface area contributed by atoms with Crippen molar-refractivity contribution in [3.63, 3.8) is 0 Å². The van der Waals surface area contributed by atoms with E-state index in [1.165, 1.54) is 4.52 Å². The first kappa shape index (κ1) is 22.7. The Morgan fingerprint density at radius 2 is 1.38 bits per heavy atom. The number of alkyl halides is 6. The SMILES string of the molecule is CC(C)(c1ccc(Br)cc1)c1nnc2sc(-c3cc(C(F)(F)F)cc(C(F)(F)F)c3)nn12. The molecule has 0 unspecified atom stereocenters. The molecule has 2 aromatic carbocycles. The lowest BCUT2D eigenvalue weighted by Gasteiger charge is -2.22. The number of rotatable bonds is 3. The van der Waals surface area contributed by atoms with Crippen molar-refractivity contribution in [1.82, 2.24) is 19.8 Å². The van der Waals surface area contributed by atoms with Crippen LogP contribution < -0.4 is 0 Å². The second-order valence-electron chi connectivity index (χ2n) is 7.55. The van der Waals surface area contributed by atoms with Gasteiger partial charge in [-0.3, -0.25) is 0 Å². The van der Waals surface area contributed by atoms with Gasteiger partial charge in [-0.2, -0.15) is 36.0 Å². The highest BCUT2D eigenvalue weighted by Gasteiger charge is 2.37. The highest BCUT2D eigenvalue weighted by Crippen LogP contribution is 2.40. The first-order chi connectivity index (χ1) is 14.8. The van der Waals surface area contributed by atoms with Gasteiger partial charge in [0.2, 0.25) is 4.96 Å². The van der Waals surface area contributed by atoms with Gasteiger partial charge in [-0.05, 0) is 49.7 Å². The molecule has 32 heavy (non-hydrogen) atoms. The zero-order valence-electron chi connectivity index (χ0n) is 16.4. The Morgan fingerprint density at radius 3 is 1.91 bits per heavy atom. The molecular weight excluding hydrogens is 522 g/mol. The predicted octanol–water partition coefficient (Wildman–Crippen LogP) is 6.98. The molecule has 0 saturated carbocycles. The molecule has 168 valence electrons. The predicted molar refractivity (Wildman–Crippen MR) is 110 cm³/mol.